The number of hydrogen-bond donors (Lipinski definition) is 3. The van der Waals surface area contributed by atoms with E-state index in [1.54, 1.807) is 16.4 Å². The molecule has 2 aromatic carbocycles. The zero-order chi connectivity index (χ0) is 20.6. The van der Waals surface area contributed by atoms with E-state index < -0.39 is 0 Å². The molecule has 0 aromatic heterocycles. The van der Waals surface area contributed by atoms with E-state index in [9.17, 15) is 14.4 Å². The summed E-state index contributed by atoms with van der Waals surface area (Å²) in [5, 5.41) is 13.1. The number of carbonyl (C=O) groups is 3. The van der Waals surface area contributed by atoms with Crippen LogP contribution in [0.4, 0.5) is 0 Å². The van der Waals surface area contributed by atoms with Crippen molar-refractivity contribution in [1.29, 1.82) is 0 Å². The van der Waals surface area contributed by atoms with Crippen LogP contribution in [0.25, 0.3) is 10.8 Å². The monoisotopic (exact) mass is 397 g/mol. The molecule has 1 aliphatic rings. The van der Waals surface area contributed by atoms with Crippen molar-refractivity contribution >= 4 is 28.5 Å². The highest BCUT2D eigenvalue weighted by Crippen LogP contribution is 2.23. The molecule has 2 aromatic rings. The molecule has 0 radical (unpaired) electrons. The second-order valence-corrected chi connectivity index (χ2v) is 7.46. The van der Waals surface area contributed by atoms with E-state index in [0.29, 0.717) is 31.0 Å². The molecule has 0 unspecified atom stereocenters. The van der Waals surface area contributed by atoms with E-state index in [1.165, 1.54) is 0 Å². The number of hydrogen-bond acceptors (Lipinski definition) is 4. The highest BCUT2D eigenvalue weighted by molar-refractivity contribution is 6.07. The first kappa shape index (κ1) is 20.8. The Kier molecular flexibility index (Phi) is 7.19. The maximum atomic E-state index is 12.6. The van der Waals surface area contributed by atoms with Crippen LogP contribution in [0.15, 0.2) is 42.5 Å². The first-order valence-electron chi connectivity index (χ1n) is 10.0. The fourth-order valence-corrected chi connectivity index (χ4v) is 3.86. The average Bonchev–Trinajstić information content (AvgIpc) is 2.77. The lowest BCUT2D eigenvalue weighted by molar-refractivity contribution is -0.131. The van der Waals surface area contributed by atoms with Gasteiger partial charge >= 0.3 is 0 Å². The summed E-state index contributed by atoms with van der Waals surface area (Å²) in [6.07, 6.45) is 3.74. The van der Waals surface area contributed by atoms with Crippen molar-refractivity contribution < 1.29 is 19.6 Å². The number of rotatable bonds is 7. The molecule has 3 rings (SSSR count). The van der Waals surface area contributed by atoms with Gasteiger partial charge in [-0.05, 0) is 48.4 Å². The van der Waals surface area contributed by atoms with Crippen LogP contribution in [0.1, 0.15) is 42.5 Å². The van der Waals surface area contributed by atoms with Gasteiger partial charge in [0.1, 0.15) is 0 Å². The van der Waals surface area contributed by atoms with E-state index in [-0.39, 0.29) is 24.3 Å². The van der Waals surface area contributed by atoms with E-state index in [0.717, 1.165) is 36.5 Å². The highest BCUT2D eigenvalue weighted by Gasteiger charge is 2.23. The van der Waals surface area contributed by atoms with Gasteiger partial charge in [0.05, 0.1) is 6.54 Å². The molecule has 0 saturated carbocycles. The maximum Gasteiger partial charge on any atom is 0.252 e. The number of likely N-dealkylation sites (tertiary alicyclic amines) is 1. The number of fused-ring (bicyclic) bond motifs is 1. The van der Waals surface area contributed by atoms with Gasteiger partial charge in [0.15, 0.2) is 0 Å². The average molecular weight is 397 g/mol. The van der Waals surface area contributed by atoms with Gasteiger partial charge in [-0.1, -0.05) is 36.4 Å². The van der Waals surface area contributed by atoms with Crippen LogP contribution >= 0.6 is 0 Å². The second kappa shape index (κ2) is 10.0. The molecule has 1 aliphatic heterocycles. The number of nitrogens with zero attached hydrogens (tertiary/aromatic N) is 1. The smallest absolute Gasteiger partial charge is 0.252 e. The lowest BCUT2D eigenvalue weighted by Crippen LogP contribution is -2.44. The third-order valence-electron chi connectivity index (χ3n) is 5.54. The molecule has 0 spiro atoms. The van der Waals surface area contributed by atoms with Crippen LogP contribution in [0.5, 0.6) is 0 Å². The number of carbonyl (C=O) groups excluding carboxylic acids is 3. The third-order valence-corrected chi connectivity index (χ3v) is 5.54. The second-order valence-electron chi connectivity index (χ2n) is 7.46. The van der Waals surface area contributed by atoms with Crippen molar-refractivity contribution in [2.75, 3.05) is 19.6 Å². The molecule has 154 valence electrons. The van der Waals surface area contributed by atoms with Gasteiger partial charge in [0.2, 0.25) is 11.8 Å². The molecule has 3 amide bonds. The van der Waals surface area contributed by atoms with Crippen molar-refractivity contribution in [2.24, 2.45) is 5.92 Å². The Bertz CT molecular complexity index is 870. The number of piperidine rings is 1. The number of hydroxylamine groups is 1. The van der Waals surface area contributed by atoms with E-state index in [4.69, 9.17) is 5.21 Å². The van der Waals surface area contributed by atoms with Gasteiger partial charge in [0, 0.05) is 25.1 Å². The van der Waals surface area contributed by atoms with Crippen LogP contribution < -0.4 is 10.8 Å². The molecule has 0 atom stereocenters. The van der Waals surface area contributed by atoms with Crippen LogP contribution in [0, 0.1) is 5.92 Å². The minimum Gasteiger partial charge on any atom is -0.343 e. The molecule has 7 heteroatoms. The quantitative estimate of drug-likeness (QED) is 0.494. The number of nitrogens with one attached hydrogen (secondary N) is 2. The molecule has 1 fully saturated rings. The minimum absolute atomic E-state index is 0.0105. The summed E-state index contributed by atoms with van der Waals surface area (Å²) < 4.78 is 0. The molecule has 1 heterocycles. The normalized spacial score (nSPS) is 14.6. The van der Waals surface area contributed by atoms with Gasteiger partial charge in [-0.15, -0.1) is 0 Å². The summed E-state index contributed by atoms with van der Waals surface area (Å²) >= 11 is 0. The molecule has 7 nitrogen and oxygen atoms in total. The minimum atomic E-state index is -0.362. The van der Waals surface area contributed by atoms with E-state index in [2.05, 4.69) is 5.32 Å². The molecule has 3 N–H and O–H groups in total. The zero-order valence-electron chi connectivity index (χ0n) is 16.4. The Morgan fingerprint density at radius 2 is 1.76 bits per heavy atom. The van der Waals surface area contributed by atoms with Crippen molar-refractivity contribution in [1.82, 2.24) is 15.7 Å². The Morgan fingerprint density at radius 3 is 2.52 bits per heavy atom. The summed E-state index contributed by atoms with van der Waals surface area (Å²) in [5.74, 6) is -0.195. The molecule has 29 heavy (non-hydrogen) atoms. The predicted octanol–water partition coefficient (Wildman–Crippen LogP) is 2.48. The molecule has 0 bridgehead atoms. The van der Waals surface area contributed by atoms with Crippen LogP contribution in [0.2, 0.25) is 0 Å². The summed E-state index contributed by atoms with van der Waals surface area (Å²) in [7, 11) is 0. The first-order chi connectivity index (χ1) is 14.1. The largest absolute Gasteiger partial charge is 0.343 e. The van der Waals surface area contributed by atoms with E-state index >= 15 is 0 Å². The van der Waals surface area contributed by atoms with Gasteiger partial charge in [0.25, 0.3) is 5.91 Å². The third kappa shape index (κ3) is 5.54. The van der Waals surface area contributed by atoms with Gasteiger partial charge in [-0.3, -0.25) is 19.6 Å². The van der Waals surface area contributed by atoms with Crippen molar-refractivity contribution in [3.05, 3.63) is 48.0 Å². The standard InChI is InChI=1S/C22H27N3O4/c26-20(24-29)10-3-5-16-11-13-25(14-12-16)21(27)15-23-22(28)19-9-4-7-17-6-1-2-8-18(17)19/h1-2,4,6-9,16,29H,3,5,10-15H2,(H,23,28)(H,24,26). The Morgan fingerprint density at radius 1 is 1.03 bits per heavy atom. The maximum absolute atomic E-state index is 12.6. The number of amides is 3. The van der Waals surface area contributed by atoms with Gasteiger partial charge < -0.3 is 10.2 Å². The molecular formula is C22H27N3O4. The van der Waals surface area contributed by atoms with Crippen LogP contribution in [0.3, 0.4) is 0 Å². The highest BCUT2D eigenvalue weighted by atomic mass is 16.5. The topological polar surface area (TPSA) is 98.7 Å². The molecular weight excluding hydrogens is 370 g/mol. The summed E-state index contributed by atoms with van der Waals surface area (Å²) in [6.45, 7) is 1.32. The first-order valence-corrected chi connectivity index (χ1v) is 10.0. The molecule has 1 saturated heterocycles. The van der Waals surface area contributed by atoms with Crippen molar-refractivity contribution in [3.63, 3.8) is 0 Å². The predicted molar refractivity (Wildman–Crippen MR) is 109 cm³/mol. The number of benzene rings is 2. The van der Waals surface area contributed by atoms with E-state index in [1.807, 2.05) is 36.4 Å². The Hall–Kier alpha value is -2.93. The fourth-order valence-electron chi connectivity index (χ4n) is 3.86. The summed E-state index contributed by atoms with van der Waals surface area (Å²) in [4.78, 5) is 37.9. The summed E-state index contributed by atoms with van der Waals surface area (Å²) in [5.41, 5.74) is 2.21. The fraction of sp³-hybridized carbons (Fsp3) is 0.409. The lowest BCUT2D eigenvalue weighted by Gasteiger charge is -2.32. The van der Waals surface area contributed by atoms with Crippen molar-refractivity contribution in [2.45, 2.75) is 32.1 Å². The zero-order valence-corrected chi connectivity index (χ0v) is 16.4. The lowest BCUT2D eigenvalue weighted by atomic mass is 9.91. The summed E-state index contributed by atoms with van der Waals surface area (Å²) in [6, 6.07) is 13.2. The SMILES string of the molecule is O=C(CCCC1CCN(C(=O)CNC(=O)c2cccc3ccccc23)CC1)NO. The Labute approximate surface area is 170 Å². The Balaban J connectivity index is 1.44. The van der Waals surface area contributed by atoms with Gasteiger partial charge in [-0.2, -0.15) is 0 Å². The van der Waals surface area contributed by atoms with Gasteiger partial charge in [-0.25, -0.2) is 5.48 Å². The van der Waals surface area contributed by atoms with Crippen LogP contribution in [-0.4, -0.2) is 47.5 Å². The molecule has 0 aliphatic carbocycles. The van der Waals surface area contributed by atoms with Crippen molar-refractivity contribution in [3.8, 4) is 0 Å². The van der Waals surface area contributed by atoms with Crippen LogP contribution in [-0.2, 0) is 9.59 Å².